The first-order chi connectivity index (χ1) is 15.7. The van der Waals surface area contributed by atoms with Crippen LogP contribution >= 0.6 is 11.3 Å². The molecule has 0 unspecified atom stereocenters. The fourth-order valence-electron chi connectivity index (χ4n) is 4.08. The van der Waals surface area contributed by atoms with E-state index in [1.807, 2.05) is 52.7 Å². The molecular weight excluding hydrogens is 424 g/mol. The predicted octanol–water partition coefficient (Wildman–Crippen LogP) is 3.64. The number of piperidine rings is 1. The maximum atomic E-state index is 13.6. The molecule has 4 aromatic rings. The summed E-state index contributed by atoms with van der Waals surface area (Å²) in [6.45, 7) is 2.15. The van der Waals surface area contributed by atoms with E-state index >= 15 is 0 Å². The molecule has 1 aliphatic heterocycles. The molecule has 1 aliphatic rings. The number of anilines is 2. The summed E-state index contributed by atoms with van der Waals surface area (Å²) in [7, 11) is 1.65. The molecule has 0 radical (unpaired) electrons. The van der Waals surface area contributed by atoms with Gasteiger partial charge in [0.2, 0.25) is 5.91 Å². The Balaban J connectivity index is 1.31. The fourth-order valence-corrected chi connectivity index (χ4v) is 4.77. The first-order valence-corrected chi connectivity index (χ1v) is 11.5. The van der Waals surface area contributed by atoms with E-state index in [4.69, 9.17) is 4.74 Å². The Morgan fingerprint density at radius 2 is 1.97 bits per heavy atom. The number of rotatable bonds is 6. The molecule has 0 atom stereocenters. The summed E-state index contributed by atoms with van der Waals surface area (Å²) in [5, 5.41) is 14.5. The number of hydrogen-bond acceptors (Lipinski definition) is 7. The van der Waals surface area contributed by atoms with Crippen molar-refractivity contribution in [1.29, 1.82) is 0 Å². The molecule has 0 N–H and O–H groups in total. The molecule has 0 saturated carbocycles. The van der Waals surface area contributed by atoms with Crippen LogP contribution in [0, 0.1) is 5.92 Å². The van der Waals surface area contributed by atoms with Crippen LogP contribution < -0.4 is 14.5 Å². The minimum absolute atomic E-state index is 0.0213. The Hall–Kier alpha value is -3.46. The lowest BCUT2D eigenvalue weighted by molar-refractivity contribution is -0.123. The highest BCUT2D eigenvalue weighted by atomic mass is 32.1. The third kappa shape index (κ3) is 4.16. The lowest BCUT2D eigenvalue weighted by Crippen LogP contribution is -2.42. The highest BCUT2D eigenvalue weighted by molar-refractivity contribution is 7.09. The smallest absolute Gasteiger partial charge is 0.230 e. The van der Waals surface area contributed by atoms with Crippen LogP contribution in [0.1, 0.15) is 17.7 Å². The summed E-state index contributed by atoms with van der Waals surface area (Å²) in [5.41, 5.74) is 1.62. The molecule has 0 aliphatic carbocycles. The fraction of sp³-hybridized carbons (Fsp3) is 0.304. The third-order valence-corrected chi connectivity index (χ3v) is 6.72. The van der Waals surface area contributed by atoms with Gasteiger partial charge in [0.1, 0.15) is 17.9 Å². The van der Waals surface area contributed by atoms with Gasteiger partial charge in [0, 0.05) is 29.6 Å². The van der Waals surface area contributed by atoms with Gasteiger partial charge in [-0.1, -0.05) is 6.07 Å². The van der Waals surface area contributed by atoms with Gasteiger partial charge < -0.3 is 14.5 Å². The van der Waals surface area contributed by atoms with Crippen molar-refractivity contribution in [2.75, 3.05) is 30.0 Å². The largest absolute Gasteiger partial charge is 0.497 e. The van der Waals surface area contributed by atoms with Gasteiger partial charge in [-0.15, -0.1) is 26.6 Å². The summed E-state index contributed by atoms with van der Waals surface area (Å²) < 4.78 is 6.96. The quantitative estimate of drug-likeness (QED) is 0.448. The van der Waals surface area contributed by atoms with Gasteiger partial charge in [0.25, 0.3) is 0 Å². The summed E-state index contributed by atoms with van der Waals surface area (Å²) in [5.74, 6) is 1.81. The second-order valence-electron chi connectivity index (χ2n) is 7.79. The zero-order valence-corrected chi connectivity index (χ0v) is 18.6. The average molecular weight is 449 g/mol. The van der Waals surface area contributed by atoms with Crippen molar-refractivity contribution in [3.8, 4) is 5.75 Å². The Bertz CT molecular complexity index is 1180. The molecule has 3 aromatic heterocycles. The van der Waals surface area contributed by atoms with E-state index in [9.17, 15) is 4.79 Å². The molecule has 164 valence electrons. The minimum Gasteiger partial charge on any atom is -0.497 e. The molecule has 0 spiro atoms. The van der Waals surface area contributed by atoms with Gasteiger partial charge in [-0.25, -0.2) is 0 Å². The molecule has 0 bridgehead atoms. The van der Waals surface area contributed by atoms with Gasteiger partial charge in [-0.3, -0.25) is 4.79 Å². The van der Waals surface area contributed by atoms with Gasteiger partial charge >= 0.3 is 0 Å². The van der Waals surface area contributed by atoms with E-state index in [2.05, 4.69) is 26.3 Å². The van der Waals surface area contributed by atoms with E-state index in [1.165, 1.54) is 0 Å². The SMILES string of the molecule is COc1ccc(N(Cc2cccs2)C(=O)C2CCN(c3ccc4nncn4n3)CC2)cc1. The highest BCUT2D eigenvalue weighted by Crippen LogP contribution is 2.29. The standard InChI is InChI=1S/C23H24N6O2S/c1-31-19-6-4-18(5-7-19)28(15-20-3-2-14-32-20)23(30)17-10-12-27(13-11-17)22-9-8-21-25-24-16-29(21)26-22/h2-9,14,16-17H,10-13,15H2,1H3. The number of fused-ring (bicyclic) bond motifs is 1. The Kier molecular flexibility index (Phi) is 5.72. The second-order valence-corrected chi connectivity index (χ2v) is 8.82. The van der Waals surface area contributed by atoms with E-state index in [0.29, 0.717) is 6.54 Å². The molecule has 1 aromatic carbocycles. The van der Waals surface area contributed by atoms with Crippen molar-refractivity contribution >= 4 is 34.4 Å². The first kappa shape index (κ1) is 20.4. The number of carbonyl (C=O) groups excluding carboxylic acids is 1. The van der Waals surface area contributed by atoms with E-state index < -0.39 is 0 Å². The van der Waals surface area contributed by atoms with Crippen molar-refractivity contribution in [2.45, 2.75) is 19.4 Å². The van der Waals surface area contributed by atoms with E-state index in [1.54, 1.807) is 29.3 Å². The molecule has 32 heavy (non-hydrogen) atoms. The number of carbonyl (C=O) groups is 1. The average Bonchev–Trinajstić information content (AvgIpc) is 3.54. The summed E-state index contributed by atoms with van der Waals surface area (Å²) >= 11 is 1.67. The van der Waals surface area contributed by atoms with Gasteiger partial charge in [0.05, 0.1) is 13.7 Å². The minimum atomic E-state index is -0.0213. The van der Waals surface area contributed by atoms with Crippen LogP contribution in [0.4, 0.5) is 11.5 Å². The maximum absolute atomic E-state index is 13.6. The normalized spacial score (nSPS) is 14.6. The summed E-state index contributed by atoms with van der Waals surface area (Å²) in [6, 6.07) is 15.7. The predicted molar refractivity (Wildman–Crippen MR) is 124 cm³/mol. The van der Waals surface area contributed by atoms with Crippen LogP contribution in [0.25, 0.3) is 5.65 Å². The number of methoxy groups -OCH3 is 1. The van der Waals surface area contributed by atoms with E-state index in [0.717, 1.165) is 53.7 Å². The van der Waals surface area contributed by atoms with Crippen molar-refractivity contribution in [3.63, 3.8) is 0 Å². The Morgan fingerprint density at radius 1 is 1.16 bits per heavy atom. The van der Waals surface area contributed by atoms with Crippen LogP contribution in [-0.4, -0.2) is 45.9 Å². The zero-order chi connectivity index (χ0) is 21.9. The van der Waals surface area contributed by atoms with Crippen LogP contribution in [0.3, 0.4) is 0 Å². The maximum Gasteiger partial charge on any atom is 0.230 e. The zero-order valence-electron chi connectivity index (χ0n) is 17.8. The number of benzene rings is 1. The Labute approximate surface area is 190 Å². The van der Waals surface area contributed by atoms with Crippen LogP contribution in [0.5, 0.6) is 5.75 Å². The topological polar surface area (TPSA) is 75.9 Å². The molecular formula is C23H24N6O2S. The number of ether oxygens (including phenoxy) is 1. The molecule has 4 heterocycles. The summed E-state index contributed by atoms with van der Waals surface area (Å²) in [4.78, 5) is 18.9. The van der Waals surface area contributed by atoms with Crippen molar-refractivity contribution < 1.29 is 9.53 Å². The van der Waals surface area contributed by atoms with Crippen molar-refractivity contribution in [1.82, 2.24) is 19.8 Å². The third-order valence-electron chi connectivity index (χ3n) is 5.86. The van der Waals surface area contributed by atoms with Gasteiger partial charge in [-0.05, 0) is 60.7 Å². The van der Waals surface area contributed by atoms with Crippen molar-refractivity contribution in [2.24, 2.45) is 5.92 Å². The molecule has 1 amide bonds. The number of amides is 1. The molecule has 8 nitrogen and oxygen atoms in total. The number of thiophene rings is 1. The Morgan fingerprint density at radius 3 is 2.69 bits per heavy atom. The second kappa shape index (κ2) is 8.96. The lowest BCUT2D eigenvalue weighted by atomic mass is 9.95. The van der Waals surface area contributed by atoms with E-state index in [-0.39, 0.29) is 11.8 Å². The summed E-state index contributed by atoms with van der Waals surface area (Å²) in [6.07, 6.45) is 3.18. The lowest BCUT2D eigenvalue weighted by Gasteiger charge is -2.34. The van der Waals surface area contributed by atoms with Crippen molar-refractivity contribution in [3.05, 3.63) is 65.1 Å². The number of hydrogen-bond donors (Lipinski definition) is 0. The first-order valence-electron chi connectivity index (χ1n) is 10.6. The highest BCUT2D eigenvalue weighted by Gasteiger charge is 2.30. The molecule has 5 rings (SSSR count). The van der Waals surface area contributed by atoms with Crippen LogP contribution in [-0.2, 0) is 11.3 Å². The molecule has 9 heteroatoms. The van der Waals surface area contributed by atoms with Crippen LogP contribution in [0.15, 0.2) is 60.2 Å². The van der Waals surface area contributed by atoms with Gasteiger partial charge in [-0.2, -0.15) is 4.52 Å². The molecule has 1 saturated heterocycles. The number of aromatic nitrogens is 4. The molecule has 1 fully saturated rings. The number of nitrogens with zero attached hydrogens (tertiary/aromatic N) is 6. The monoisotopic (exact) mass is 448 g/mol. The van der Waals surface area contributed by atoms with Crippen LogP contribution in [0.2, 0.25) is 0 Å². The van der Waals surface area contributed by atoms with Gasteiger partial charge in [0.15, 0.2) is 5.65 Å².